The van der Waals surface area contributed by atoms with Gasteiger partial charge in [0.2, 0.25) is 10.0 Å². The minimum absolute atomic E-state index is 0.178. The molecule has 1 aromatic carbocycles. The molecule has 0 unspecified atom stereocenters. The molecule has 0 aromatic heterocycles. The van der Waals surface area contributed by atoms with Gasteiger partial charge >= 0.3 is 0 Å². The summed E-state index contributed by atoms with van der Waals surface area (Å²) < 4.78 is 26.0. The summed E-state index contributed by atoms with van der Waals surface area (Å²) in [6.45, 7) is 4.09. The molecule has 1 rings (SSSR count). The smallest absolute Gasteiger partial charge is 0.289 e. The first-order valence-corrected chi connectivity index (χ1v) is 7.32. The molecule has 0 fully saturated rings. The second-order valence-corrected chi connectivity index (χ2v) is 5.89. The Labute approximate surface area is 112 Å². The minimum Gasteiger partial charge on any atom is -0.399 e. The van der Waals surface area contributed by atoms with Crippen molar-refractivity contribution in [1.82, 2.24) is 4.31 Å². The van der Waals surface area contributed by atoms with Crippen LogP contribution in [-0.4, -0.2) is 30.7 Å². The highest BCUT2D eigenvalue weighted by atomic mass is 32.2. The van der Waals surface area contributed by atoms with E-state index in [9.17, 15) is 18.5 Å². The van der Waals surface area contributed by atoms with Crippen molar-refractivity contribution in [2.24, 2.45) is 0 Å². The van der Waals surface area contributed by atoms with E-state index < -0.39 is 20.6 Å². The molecule has 0 amide bonds. The van der Waals surface area contributed by atoms with E-state index in [1.54, 1.807) is 6.92 Å². The Hall–Kier alpha value is -1.67. The largest absolute Gasteiger partial charge is 0.399 e. The highest BCUT2D eigenvalue weighted by Crippen LogP contribution is 2.28. The van der Waals surface area contributed by atoms with Crippen molar-refractivity contribution in [3.05, 3.63) is 28.3 Å². The first-order valence-electron chi connectivity index (χ1n) is 5.88. The van der Waals surface area contributed by atoms with Crippen LogP contribution in [0.15, 0.2) is 23.1 Å². The molecule has 0 spiro atoms. The van der Waals surface area contributed by atoms with E-state index in [0.29, 0.717) is 13.0 Å². The quantitative estimate of drug-likeness (QED) is 0.486. The van der Waals surface area contributed by atoms with Crippen LogP contribution in [0.1, 0.15) is 20.3 Å². The van der Waals surface area contributed by atoms with Gasteiger partial charge < -0.3 is 5.73 Å². The van der Waals surface area contributed by atoms with Crippen LogP contribution in [0.3, 0.4) is 0 Å². The number of nitro groups is 1. The highest BCUT2D eigenvalue weighted by molar-refractivity contribution is 7.89. The standard InChI is InChI=1S/C11H17N3O4S/c1-3-7-13(4-2)19(17,18)11-8-9(12)5-6-10(11)14(15)16/h5-6,8H,3-4,7,12H2,1-2H3. The van der Waals surface area contributed by atoms with E-state index in [2.05, 4.69) is 0 Å². The number of nitrogens with two attached hydrogens (primary N) is 1. The number of nitro benzene ring substituents is 1. The summed E-state index contributed by atoms with van der Waals surface area (Å²) in [5.74, 6) is 0. The zero-order valence-electron chi connectivity index (χ0n) is 10.9. The van der Waals surface area contributed by atoms with Gasteiger partial charge in [-0.3, -0.25) is 10.1 Å². The van der Waals surface area contributed by atoms with Crippen LogP contribution in [0.5, 0.6) is 0 Å². The van der Waals surface area contributed by atoms with Crippen LogP contribution >= 0.6 is 0 Å². The first-order chi connectivity index (χ1) is 8.84. The van der Waals surface area contributed by atoms with Crippen molar-refractivity contribution in [3.8, 4) is 0 Å². The van der Waals surface area contributed by atoms with E-state index in [1.807, 2.05) is 6.92 Å². The number of benzene rings is 1. The third-order valence-electron chi connectivity index (χ3n) is 2.62. The van der Waals surface area contributed by atoms with Crippen molar-refractivity contribution in [2.45, 2.75) is 25.2 Å². The molecule has 2 N–H and O–H groups in total. The number of nitrogens with zero attached hydrogens (tertiary/aromatic N) is 2. The van der Waals surface area contributed by atoms with Crippen molar-refractivity contribution in [3.63, 3.8) is 0 Å². The van der Waals surface area contributed by atoms with Gasteiger partial charge in [-0.2, -0.15) is 4.31 Å². The van der Waals surface area contributed by atoms with Crippen molar-refractivity contribution >= 4 is 21.4 Å². The maximum atomic E-state index is 12.4. The van der Waals surface area contributed by atoms with E-state index in [1.165, 1.54) is 10.4 Å². The molecular formula is C11H17N3O4S. The molecule has 0 aliphatic carbocycles. The van der Waals surface area contributed by atoms with Gasteiger partial charge in [0, 0.05) is 24.8 Å². The molecule has 0 radical (unpaired) electrons. The molecule has 0 bridgehead atoms. The maximum Gasteiger partial charge on any atom is 0.289 e. The number of anilines is 1. The Balaban J connectivity index is 3.42. The Morgan fingerprint density at radius 2 is 2.00 bits per heavy atom. The molecule has 106 valence electrons. The van der Waals surface area contributed by atoms with Crippen LogP contribution in [0.2, 0.25) is 0 Å². The fourth-order valence-electron chi connectivity index (χ4n) is 1.72. The molecule has 19 heavy (non-hydrogen) atoms. The van der Waals surface area contributed by atoms with Crippen LogP contribution in [0, 0.1) is 10.1 Å². The zero-order chi connectivity index (χ0) is 14.6. The normalized spacial score (nSPS) is 11.7. The lowest BCUT2D eigenvalue weighted by Gasteiger charge is -2.19. The lowest BCUT2D eigenvalue weighted by molar-refractivity contribution is -0.387. The third-order valence-corrected chi connectivity index (χ3v) is 4.63. The van der Waals surface area contributed by atoms with Gasteiger partial charge in [-0.05, 0) is 18.6 Å². The lowest BCUT2D eigenvalue weighted by Crippen LogP contribution is -2.32. The fraction of sp³-hybridized carbons (Fsp3) is 0.455. The molecule has 0 saturated carbocycles. The second kappa shape index (κ2) is 5.98. The molecule has 0 atom stereocenters. The molecule has 0 aliphatic heterocycles. The first kappa shape index (κ1) is 15.4. The van der Waals surface area contributed by atoms with Crippen molar-refractivity contribution in [1.29, 1.82) is 0 Å². The van der Waals surface area contributed by atoms with Gasteiger partial charge in [0.15, 0.2) is 4.90 Å². The summed E-state index contributed by atoms with van der Waals surface area (Å²) in [6, 6.07) is 3.56. The molecule has 8 heteroatoms. The summed E-state index contributed by atoms with van der Waals surface area (Å²) in [5, 5.41) is 10.9. The van der Waals surface area contributed by atoms with Gasteiger partial charge in [-0.1, -0.05) is 13.8 Å². The van der Waals surface area contributed by atoms with Gasteiger partial charge in [-0.25, -0.2) is 8.42 Å². The molecule has 0 saturated heterocycles. The second-order valence-electron chi connectivity index (χ2n) is 3.98. The van der Waals surface area contributed by atoms with Gasteiger partial charge in [0.05, 0.1) is 4.92 Å². The summed E-state index contributed by atoms with van der Waals surface area (Å²) in [4.78, 5) is 9.86. The van der Waals surface area contributed by atoms with Crippen molar-refractivity contribution < 1.29 is 13.3 Å². The summed E-state index contributed by atoms with van der Waals surface area (Å²) >= 11 is 0. The SMILES string of the molecule is CCCN(CC)S(=O)(=O)c1cc(N)ccc1[N+](=O)[O-]. The van der Waals surface area contributed by atoms with Gasteiger partial charge in [0.1, 0.15) is 0 Å². The Morgan fingerprint density at radius 3 is 2.47 bits per heavy atom. The summed E-state index contributed by atoms with van der Waals surface area (Å²) in [5.41, 5.74) is 5.26. The monoisotopic (exact) mass is 287 g/mol. The molecule has 0 heterocycles. The zero-order valence-corrected chi connectivity index (χ0v) is 11.7. The molecule has 1 aromatic rings. The number of sulfonamides is 1. The Bertz CT molecular complexity index is 571. The number of rotatable bonds is 6. The minimum atomic E-state index is -3.90. The van der Waals surface area contributed by atoms with E-state index in [-0.39, 0.29) is 17.1 Å². The van der Waals surface area contributed by atoms with Gasteiger partial charge in [0.25, 0.3) is 5.69 Å². The predicted molar refractivity (Wildman–Crippen MR) is 72.2 cm³/mol. The summed E-state index contributed by atoms with van der Waals surface area (Å²) in [6.07, 6.45) is 0.628. The lowest BCUT2D eigenvalue weighted by atomic mass is 10.3. The fourth-order valence-corrected chi connectivity index (χ4v) is 3.46. The van der Waals surface area contributed by atoms with Crippen LogP contribution in [0.4, 0.5) is 11.4 Å². The van der Waals surface area contributed by atoms with Gasteiger partial charge in [-0.15, -0.1) is 0 Å². The van der Waals surface area contributed by atoms with Crippen LogP contribution in [-0.2, 0) is 10.0 Å². The third kappa shape index (κ3) is 3.21. The average molecular weight is 287 g/mol. The number of nitrogen functional groups attached to an aromatic ring is 1. The van der Waals surface area contributed by atoms with Crippen molar-refractivity contribution in [2.75, 3.05) is 18.8 Å². The van der Waals surface area contributed by atoms with E-state index in [0.717, 1.165) is 12.1 Å². The number of hydrogen-bond acceptors (Lipinski definition) is 5. The molecular weight excluding hydrogens is 270 g/mol. The summed E-state index contributed by atoms with van der Waals surface area (Å²) in [7, 11) is -3.90. The topological polar surface area (TPSA) is 107 Å². The maximum absolute atomic E-state index is 12.4. The molecule has 7 nitrogen and oxygen atoms in total. The van der Waals surface area contributed by atoms with Crippen LogP contribution in [0.25, 0.3) is 0 Å². The number of hydrogen-bond donors (Lipinski definition) is 1. The molecule has 0 aliphatic rings. The highest BCUT2D eigenvalue weighted by Gasteiger charge is 2.30. The Morgan fingerprint density at radius 1 is 1.37 bits per heavy atom. The van der Waals surface area contributed by atoms with Crippen LogP contribution < -0.4 is 5.73 Å². The predicted octanol–water partition coefficient (Wildman–Crippen LogP) is 1.60. The van der Waals surface area contributed by atoms with E-state index >= 15 is 0 Å². The average Bonchev–Trinajstić information content (AvgIpc) is 2.35. The Kier molecular flexibility index (Phi) is 4.84. The van der Waals surface area contributed by atoms with E-state index in [4.69, 9.17) is 5.73 Å².